The van der Waals surface area contributed by atoms with Gasteiger partial charge in [0.05, 0.1) is 24.8 Å². The van der Waals surface area contributed by atoms with Gasteiger partial charge in [0.25, 0.3) is 0 Å². The van der Waals surface area contributed by atoms with Gasteiger partial charge < -0.3 is 24.4 Å². The van der Waals surface area contributed by atoms with Crippen LogP contribution in [0.4, 0.5) is 26.3 Å². The first-order valence-electron chi connectivity index (χ1n) is 12.1. The van der Waals surface area contributed by atoms with E-state index in [9.17, 15) is 26.3 Å². The molecule has 0 spiro atoms. The maximum absolute atomic E-state index is 13.4. The smallest absolute Gasteiger partial charge is 0.416 e. The van der Waals surface area contributed by atoms with Crippen molar-refractivity contribution in [2.45, 2.75) is 30.6 Å². The molecule has 1 fully saturated rings. The number of rotatable bonds is 6. The molecule has 0 amide bonds. The second-order valence-corrected chi connectivity index (χ2v) is 10.3. The van der Waals surface area contributed by atoms with Gasteiger partial charge in [-0.15, -0.1) is 0 Å². The largest absolute Gasteiger partial charge is 0.493 e. The van der Waals surface area contributed by atoms with Crippen molar-refractivity contribution in [1.82, 2.24) is 9.80 Å². The average Bonchev–Trinajstić information content (AvgIpc) is 3.36. The number of thioether (sulfide) groups is 1. The predicted octanol–water partition coefficient (Wildman–Crippen LogP) is 5.18. The second-order valence-electron chi connectivity index (χ2n) is 9.00. The summed E-state index contributed by atoms with van der Waals surface area (Å²) < 4.78 is 90.0. The van der Waals surface area contributed by atoms with Crippen LogP contribution in [-0.2, 0) is 25.4 Å². The van der Waals surface area contributed by atoms with Crippen LogP contribution in [0.25, 0.3) is 0 Å². The number of benzene rings is 2. The van der Waals surface area contributed by atoms with E-state index in [0.717, 1.165) is 56.5 Å². The first kappa shape index (κ1) is 30.9. The number of piperazine rings is 1. The molecule has 0 aromatic heterocycles. The molecule has 2 heterocycles. The third kappa shape index (κ3) is 8.18. The minimum Gasteiger partial charge on any atom is -0.493 e. The zero-order chi connectivity index (χ0) is 28.8. The number of nitrogens with zero attached hydrogens (tertiary/aromatic N) is 3. The van der Waals surface area contributed by atoms with Crippen LogP contribution in [0.1, 0.15) is 22.3 Å². The van der Waals surface area contributed by atoms with Crippen molar-refractivity contribution in [1.29, 1.82) is 0 Å². The van der Waals surface area contributed by atoms with Crippen LogP contribution in [0.5, 0.6) is 11.5 Å². The Morgan fingerprint density at radius 2 is 1.64 bits per heavy atom. The molecule has 216 valence electrons. The van der Waals surface area contributed by atoms with Crippen LogP contribution in [0.3, 0.4) is 0 Å². The van der Waals surface area contributed by atoms with E-state index in [1.54, 1.807) is 23.9 Å². The highest BCUT2D eigenvalue weighted by molar-refractivity contribution is 8.14. The average molecular weight is 580 g/mol. The van der Waals surface area contributed by atoms with Gasteiger partial charge in [-0.3, -0.25) is 4.99 Å². The molecule has 2 aliphatic rings. The Morgan fingerprint density at radius 3 is 2.26 bits per heavy atom. The summed E-state index contributed by atoms with van der Waals surface area (Å²) in [5, 5.41) is 8.31. The number of hydrogen-bond acceptors (Lipinski definition) is 7. The van der Waals surface area contributed by atoms with Crippen molar-refractivity contribution in [3.05, 3.63) is 58.7 Å². The zero-order valence-corrected chi connectivity index (χ0v) is 22.6. The Morgan fingerprint density at radius 1 is 0.949 bits per heavy atom. The quantitative estimate of drug-likeness (QED) is 0.476. The number of halogens is 6. The van der Waals surface area contributed by atoms with Crippen LogP contribution in [0.15, 0.2) is 41.4 Å². The van der Waals surface area contributed by atoms with E-state index in [2.05, 4.69) is 16.8 Å². The van der Waals surface area contributed by atoms with Gasteiger partial charge in [0.1, 0.15) is 6.61 Å². The van der Waals surface area contributed by atoms with Gasteiger partial charge in [-0.1, -0.05) is 23.9 Å². The van der Waals surface area contributed by atoms with Gasteiger partial charge in [0.2, 0.25) is 0 Å². The number of ether oxygens (including phenoxy) is 2. The highest BCUT2D eigenvalue weighted by Gasteiger charge is 2.38. The zero-order valence-electron chi connectivity index (χ0n) is 21.8. The summed E-state index contributed by atoms with van der Waals surface area (Å²) >= 11 is 1.74. The molecule has 1 unspecified atom stereocenters. The molecule has 4 rings (SSSR count). The first-order valence-corrected chi connectivity index (χ1v) is 13.0. The first-order chi connectivity index (χ1) is 18.4. The Kier molecular flexibility index (Phi) is 10.4. The molecule has 13 heteroatoms. The molecule has 0 saturated carbocycles. The monoisotopic (exact) mass is 579 g/mol. The number of aliphatic imine (C=N–C) groups is 1. The summed E-state index contributed by atoms with van der Waals surface area (Å²) in [4.78, 5) is 9.29. The van der Waals surface area contributed by atoms with Gasteiger partial charge >= 0.3 is 12.4 Å². The minimum atomic E-state index is -4.96. The predicted molar refractivity (Wildman–Crippen MR) is 138 cm³/mol. The van der Waals surface area contributed by atoms with Gasteiger partial charge in [0.15, 0.2) is 16.7 Å². The normalized spacial score (nSPS) is 18.4. The number of alkyl halides is 6. The molecule has 0 bridgehead atoms. The molecule has 39 heavy (non-hydrogen) atoms. The Hall–Kier alpha value is -2.64. The molecule has 6 nitrogen and oxygen atoms in total. The lowest BCUT2D eigenvalue weighted by molar-refractivity contribution is -0.143. The molecule has 2 aromatic carbocycles. The van der Waals surface area contributed by atoms with Crippen LogP contribution in [0, 0.1) is 0 Å². The lowest BCUT2D eigenvalue weighted by Crippen LogP contribution is -2.46. The third-order valence-electron chi connectivity index (χ3n) is 6.29. The van der Waals surface area contributed by atoms with E-state index in [4.69, 9.17) is 19.6 Å². The highest BCUT2D eigenvalue weighted by Crippen LogP contribution is 2.38. The Bertz CT molecular complexity index is 1130. The molecule has 1 saturated heterocycles. The number of amidine groups is 1. The molecular formula is C26H31F6N3O3S. The summed E-state index contributed by atoms with van der Waals surface area (Å²) in [6.45, 7) is 4.03. The fourth-order valence-corrected chi connectivity index (χ4v) is 5.40. The molecule has 0 aliphatic carbocycles. The Balaban J connectivity index is 0.00000205. The maximum Gasteiger partial charge on any atom is 0.416 e. The Labute approximate surface area is 227 Å². The second kappa shape index (κ2) is 13.1. The van der Waals surface area contributed by atoms with E-state index in [1.165, 1.54) is 7.11 Å². The SMILES string of the molecule is CO.COc1cc(CC2CN=C(N3CCN(C)CC3)S2)ccc1OCc1ccc(C(F)(F)F)cc1C(F)(F)F. The lowest BCUT2D eigenvalue weighted by atomic mass is 10.0. The number of aliphatic hydroxyl groups excluding tert-OH is 1. The van der Waals surface area contributed by atoms with Crippen LogP contribution in [0.2, 0.25) is 0 Å². The maximum atomic E-state index is 13.4. The fraction of sp³-hybridized carbons (Fsp3) is 0.500. The number of aliphatic hydroxyl groups is 1. The van der Waals surface area contributed by atoms with Crippen LogP contribution >= 0.6 is 11.8 Å². The minimum absolute atomic E-state index is 0.108. The molecule has 1 N–H and O–H groups in total. The molecule has 0 radical (unpaired) electrons. The molecule has 1 atom stereocenters. The van der Waals surface area contributed by atoms with Gasteiger partial charge in [-0.2, -0.15) is 26.3 Å². The number of likely N-dealkylation sites (N-methyl/N-ethyl adjacent to an activating group) is 1. The van der Waals surface area contributed by atoms with E-state index in [0.29, 0.717) is 18.4 Å². The summed E-state index contributed by atoms with van der Waals surface area (Å²) in [7, 11) is 4.52. The van der Waals surface area contributed by atoms with Crippen molar-refractivity contribution in [3.8, 4) is 11.5 Å². The standard InChI is InChI=1S/C25H27F6N3O2S.CH4O/c1-33-7-9-34(10-8-33)23-32-14-19(37-23)11-16-3-6-21(22(12-16)35-2)36-15-17-4-5-18(24(26,27)28)13-20(17)25(29,30)31;1-2/h3-6,12-13,19H,7-11,14-15H2,1-2H3;2H,1H3. The highest BCUT2D eigenvalue weighted by atomic mass is 32.2. The van der Waals surface area contributed by atoms with Crippen molar-refractivity contribution >= 4 is 16.9 Å². The van der Waals surface area contributed by atoms with E-state index in [1.807, 2.05) is 6.07 Å². The van der Waals surface area contributed by atoms with Crippen LogP contribution < -0.4 is 9.47 Å². The lowest BCUT2D eigenvalue weighted by Gasteiger charge is -2.33. The van der Waals surface area contributed by atoms with Gasteiger partial charge in [-0.25, -0.2) is 0 Å². The van der Waals surface area contributed by atoms with E-state index in [-0.39, 0.29) is 17.1 Å². The summed E-state index contributed by atoms with van der Waals surface area (Å²) in [6, 6.07) is 6.70. The summed E-state index contributed by atoms with van der Waals surface area (Å²) in [5.41, 5.74) is -2.19. The topological polar surface area (TPSA) is 57.5 Å². The van der Waals surface area contributed by atoms with Gasteiger partial charge in [0, 0.05) is 44.1 Å². The van der Waals surface area contributed by atoms with Gasteiger partial charge in [-0.05, 0) is 43.3 Å². The van der Waals surface area contributed by atoms with E-state index >= 15 is 0 Å². The van der Waals surface area contributed by atoms with Crippen LogP contribution in [-0.4, -0.2) is 79.3 Å². The summed E-state index contributed by atoms with van der Waals surface area (Å²) in [6.07, 6.45) is -9.12. The van der Waals surface area contributed by atoms with Crippen molar-refractivity contribution < 1.29 is 40.9 Å². The number of methoxy groups -OCH3 is 1. The molecular weight excluding hydrogens is 548 g/mol. The van der Waals surface area contributed by atoms with Crippen molar-refractivity contribution in [2.24, 2.45) is 4.99 Å². The van der Waals surface area contributed by atoms with Crippen molar-refractivity contribution in [2.75, 3.05) is 54.0 Å². The molecule has 2 aromatic rings. The number of hydrogen-bond donors (Lipinski definition) is 1. The summed E-state index contributed by atoms with van der Waals surface area (Å²) in [5.74, 6) is 0.536. The van der Waals surface area contributed by atoms with E-state index < -0.39 is 35.6 Å². The third-order valence-corrected chi connectivity index (χ3v) is 7.54. The molecule has 2 aliphatic heterocycles. The fourth-order valence-electron chi connectivity index (χ4n) is 4.20. The van der Waals surface area contributed by atoms with Crippen molar-refractivity contribution in [3.63, 3.8) is 0 Å².